The SMILES string of the molecule is FC(F)c1ccc(CNCc2nnc3ccccn23)cc1. The average Bonchev–Trinajstić information content (AvgIpc) is 2.91. The molecule has 0 fully saturated rings. The monoisotopic (exact) mass is 288 g/mol. The predicted molar refractivity (Wildman–Crippen MR) is 74.9 cm³/mol. The number of pyridine rings is 1. The number of nitrogens with one attached hydrogen (secondary N) is 1. The lowest BCUT2D eigenvalue weighted by atomic mass is 10.1. The van der Waals surface area contributed by atoms with Crippen molar-refractivity contribution in [2.75, 3.05) is 0 Å². The lowest BCUT2D eigenvalue weighted by Crippen LogP contribution is -2.14. The fraction of sp³-hybridized carbons (Fsp3) is 0.200. The molecule has 0 aliphatic rings. The maximum atomic E-state index is 12.5. The van der Waals surface area contributed by atoms with E-state index in [4.69, 9.17) is 0 Å². The number of hydrogen-bond acceptors (Lipinski definition) is 3. The molecule has 1 N–H and O–H groups in total. The van der Waals surface area contributed by atoms with Crippen LogP contribution in [0.3, 0.4) is 0 Å². The first-order valence-electron chi connectivity index (χ1n) is 6.60. The Bertz CT molecular complexity index is 722. The largest absolute Gasteiger partial charge is 0.306 e. The first-order chi connectivity index (χ1) is 10.2. The van der Waals surface area contributed by atoms with Crippen molar-refractivity contribution in [1.29, 1.82) is 0 Å². The Balaban J connectivity index is 1.61. The maximum absolute atomic E-state index is 12.5. The third-order valence-corrected chi connectivity index (χ3v) is 3.23. The minimum Gasteiger partial charge on any atom is -0.306 e. The normalized spacial score (nSPS) is 11.4. The van der Waals surface area contributed by atoms with Crippen LogP contribution in [0.25, 0.3) is 5.65 Å². The van der Waals surface area contributed by atoms with Gasteiger partial charge in [-0.05, 0) is 17.7 Å². The van der Waals surface area contributed by atoms with Gasteiger partial charge in [0.05, 0.1) is 6.54 Å². The Kier molecular flexibility index (Phi) is 3.87. The molecular formula is C15H14F2N4. The van der Waals surface area contributed by atoms with Crippen molar-refractivity contribution >= 4 is 5.65 Å². The molecule has 21 heavy (non-hydrogen) atoms. The second kappa shape index (κ2) is 5.97. The van der Waals surface area contributed by atoms with Crippen LogP contribution in [0.1, 0.15) is 23.4 Å². The van der Waals surface area contributed by atoms with Gasteiger partial charge in [-0.2, -0.15) is 0 Å². The Morgan fingerprint density at radius 3 is 2.57 bits per heavy atom. The number of hydrogen-bond donors (Lipinski definition) is 1. The van der Waals surface area contributed by atoms with Gasteiger partial charge >= 0.3 is 0 Å². The second-order valence-electron chi connectivity index (χ2n) is 4.69. The van der Waals surface area contributed by atoms with Crippen LogP contribution in [0.2, 0.25) is 0 Å². The van der Waals surface area contributed by atoms with E-state index in [1.54, 1.807) is 12.1 Å². The van der Waals surface area contributed by atoms with Gasteiger partial charge in [0.1, 0.15) is 0 Å². The van der Waals surface area contributed by atoms with Crippen LogP contribution in [0.5, 0.6) is 0 Å². The minimum absolute atomic E-state index is 0.0437. The highest BCUT2D eigenvalue weighted by Crippen LogP contribution is 2.18. The highest BCUT2D eigenvalue weighted by atomic mass is 19.3. The van der Waals surface area contributed by atoms with Crippen LogP contribution in [-0.2, 0) is 13.1 Å². The smallest absolute Gasteiger partial charge is 0.263 e. The van der Waals surface area contributed by atoms with E-state index >= 15 is 0 Å². The summed E-state index contributed by atoms with van der Waals surface area (Å²) in [6, 6.07) is 12.0. The zero-order chi connectivity index (χ0) is 14.7. The average molecular weight is 288 g/mol. The van der Waals surface area contributed by atoms with Gasteiger partial charge in [-0.1, -0.05) is 30.3 Å². The Morgan fingerprint density at radius 2 is 1.81 bits per heavy atom. The number of alkyl halides is 2. The number of benzene rings is 1. The van der Waals surface area contributed by atoms with Crippen molar-refractivity contribution in [3.63, 3.8) is 0 Å². The van der Waals surface area contributed by atoms with Gasteiger partial charge in [0, 0.05) is 18.3 Å². The number of nitrogens with zero attached hydrogens (tertiary/aromatic N) is 3. The fourth-order valence-electron chi connectivity index (χ4n) is 2.11. The summed E-state index contributed by atoms with van der Waals surface area (Å²) < 4.78 is 26.8. The highest BCUT2D eigenvalue weighted by Gasteiger charge is 2.06. The lowest BCUT2D eigenvalue weighted by molar-refractivity contribution is 0.151. The van der Waals surface area contributed by atoms with Gasteiger partial charge in [-0.15, -0.1) is 10.2 Å². The second-order valence-corrected chi connectivity index (χ2v) is 4.69. The Hall–Kier alpha value is -2.34. The fourth-order valence-corrected chi connectivity index (χ4v) is 2.11. The molecular weight excluding hydrogens is 274 g/mol. The maximum Gasteiger partial charge on any atom is 0.263 e. The van der Waals surface area contributed by atoms with Gasteiger partial charge in [-0.3, -0.25) is 4.40 Å². The van der Waals surface area contributed by atoms with Crippen molar-refractivity contribution < 1.29 is 8.78 Å². The number of fused-ring (bicyclic) bond motifs is 1. The molecule has 3 rings (SSSR count). The van der Waals surface area contributed by atoms with Crippen LogP contribution >= 0.6 is 0 Å². The van der Waals surface area contributed by atoms with Gasteiger partial charge in [0.15, 0.2) is 11.5 Å². The van der Waals surface area contributed by atoms with E-state index in [9.17, 15) is 8.78 Å². The molecule has 0 saturated heterocycles. The molecule has 3 aromatic rings. The van der Waals surface area contributed by atoms with E-state index in [0.29, 0.717) is 13.1 Å². The first-order valence-corrected chi connectivity index (χ1v) is 6.60. The molecule has 0 amide bonds. The van der Waals surface area contributed by atoms with Crippen molar-refractivity contribution in [2.24, 2.45) is 0 Å². The quantitative estimate of drug-likeness (QED) is 0.785. The van der Waals surface area contributed by atoms with Crippen LogP contribution in [0, 0.1) is 0 Å². The third kappa shape index (κ3) is 3.05. The van der Waals surface area contributed by atoms with Crippen molar-refractivity contribution in [3.8, 4) is 0 Å². The summed E-state index contributed by atoms with van der Waals surface area (Å²) in [4.78, 5) is 0. The van der Waals surface area contributed by atoms with Gasteiger partial charge in [-0.25, -0.2) is 8.78 Å². The van der Waals surface area contributed by atoms with E-state index < -0.39 is 6.43 Å². The molecule has 0 spiro atoms. The summed E-state index contributed by atoms with van der Waals surface area (Å²) in [5.74, 6) is 0.815. The molecule has 108 valence electrons. The van der Waals surface area contributed by atoms with Crippen LogP contribution in [-0.4, -0.2) is 14.6 Å². The summed E-state index contributed by atoms with van der Waals surface area (Å²) in [6.07, 6.45) is -0.515. The van der Waals surface area contributed by atoms with Gasteiger partial charge in [0.2, 0.25) is 0 Å². The van der Waals surface area contributed by atoms with Crippen LogP contribution < -0.4 is 5.32 Å². The molecule has 0 aliphatic heterocycles. The molecule has 4 nitrogen and oxygen atoms in total. The molecule has 0 saturated carbocycles. The summed E-state index contributed by atoms with van der Waals surface area (Å²) >= 11 is 0. The lowest BCUT2D eigenvalue weighted by Gasteiger charge is -2.05. The molecule has 0 bridgehead atoms. The van der Waals surface area contributed by atoms with E-state index in [-0.39, 0.29) is 5.56 Å². The van der Waals surface area contributed by atoms with E-state index in [1.165, 1.54) is 12.1 Å². The van der Waals surface area contributed by atoms with Gasteiger partial charge in [0.25, 0.3) is 6.43 Å². The first kappa shape index (κ1) is 13.6. The molecule has 0 atom stereocenters. The summed E-state index contributed by atoms with van der Waals surface area (Å²) in [7, 11) is 0. The number of aromatic nitrogens is 3. The molecule has 2 heterocycles. The van der Waals surface area contributed by atoms with Gasteiger partial charge < -0.3 is 5.32 Å². The zero-order valence-electron chi connectivity index (χ0n) is 11.2. The molecule has 6 heteroatoms. The Morgan fingerprint density at radius 1 is 1.00 bits per heavy atom. The molecule has 0 aliphatic carbocycles. The molecule has 0 radical (unpaired) electrons. The third-order valence-electron chi connectivity index (χ3n) is 3.23. The predicted octanol–water partition coefficient (Wildman–Crippen LogP) is 2.96. The topological polar surface area (TPSA) is 42.2 Å². The summed E-state index contributed by atoms with van der Waals surface area (Å²) in [5, 5.41) is 11.4. The van der Waals surface area contributed by atoms with Crippen molar-refractivity contribution in [3.05, 3.63) is 65.6 Å². The van der Waals surface area contributed by atoms with Crippen LogP contribution in [0.4, 0.5) is 8.78 Å². The molecule has 1 aromatic carbocycles. The molecule has 0 unspecified atom stereocenters. The number of rotatable bonds is 5. The van der Waals surface area contributed by atoms with Crippen molar-refractivity contribution in [2.45, 2.75) is 19.5 Å². The standard InChI is InChI=1S/C15H14F2N4/c16-15(17)12-6-4-11(5-7-12)9-18-10-14-20-19-13-3-1-2-8-21(13)14/h1-8,15,18H,9-10H2. The minimum atomic E-state index is -2.42. The highest BCUT2D eigenvalue weighted by molar-refractivity contribution is 5.36. The van der Waals surface area contributed by atoms with E-state index in [0.717, 1.165) is 17.0 Å². The summed E-state index contributed by atoms with van der Waals surface area (Å²) in [5.41, 5.74) is 1.80. The van der Waals surface area contributed by atoms with Crippen LogP contribution in [0.15, 0.2) is 48.7 Å². The van der Waals surface area contributed by atoms with Crippen molar-refractivity contribution in [1.82, 2.24) is 19.9 Å². The Labute approximate surface area is 120 Å². The zero-order valence-corrected chi connectivity index (χ0v) is 11.2. The molecule has 2 aromatic heterocycles. The summed E-state index contributed by atoms with van der Waals surface area (Å²) in [6.45, 7) is 1.15. The van der Waals surface area contributed by atoms with E-state index in [1.807, 2.05) is 28.8 Å². The van der Waals surface area contributed by atoms with E-state index in [2.05, 4.69) is 15.5 Å². The number of halogens is 2.